The standard InChI is InChI=1S/C23H25F2N3O4S/c1-5-10-33(31,32)28-19-8-7-18(24)21(22(19)25)23(30)17(13-26-4)15(3)11-14(2)16-6-9-20(29)27-12-16/h6-9,11-13,26,28H,2,5,10H2,1,3-4H3,(H,27,29)/b15-11+,17-13+. The number of halogens is 2. The Kier molecular flexibility index (Phi) is 8.47. The number of aromatic amines is 1. The molecule has 7 nitrogen and oxygen atoms in total. The second-order valence-electron chi connectivity index (χ2n) is 7.17. The minimum absolute atomic E-state index is 0.0607. The predicted octanol–water partition coefficient (Wildman–Crippen LogP) is 3.75. The van der Waals surface area contributed by atoms with Crippen molar-refractivity contribution in [2.75, 3.05) is 17.5 Å². The molecular weight excluding hydrogens is 452 g/mol. The number of pyridine rings is 1. The molecular formula is C23H25F2N3O4S. The van der Waals surface area contributed by atoms with Crippen molar-refractivity contribution >= 4 is 27.1 Å². The van der Waals surface area contributed by atoms with Crippen molar-refractivity contribution < 1.29 is 22.0 Å². The summed E-state index contributed by atoms with van der Waals surface area (Å²) in [5.41, 5.74) is -0.406. The van der Waals surface area contributed by atoms with Crippen LogP contribution >= 0.6 is 0 Å². The summed E-state index contributed by atoms with van der Waals surface area (Å²) < 4.78 is 55.7. The Morgan fingerprint density at radius 3 is 2.48 bits per heavy atom. The monoisotopic (exact) mass is 477 g/mol. The number of anilines is 1. The molecule has 2 rings (SSSR count). The van der Waals surface area contributed by atoms with Crippen LogP contribution in [-0.4, -0.2) is 32.0 Å². The minimum atomic E-state index is -3.86. The molecule has 0 amide bonds. The van der Waals surface area contributed by atoms with Gasteiger partial charge in [0.25, 0.3) is 0 Å². The maximum Gasteiger partial charge on any atom is 0.247 e. The van der Waals surface area contributed by atoms with E-state index in [0.717, 1.165) is 12.1 Å². The van der Waals surface area contributed by atoms with E-state index >= 15 is 4.39 Å². The van der Waals surface area contributed by atoms with Crippen molar-refractivity contribution in [1.29, 1.82) is 0 Å². The lowest BCUT2D eigenvalue weighted by Crippen LogP contribution is -2.19. The smallest absolute Gasteiger partial charge is 0.247 e. The fourth-order valence-electron chi connectivity index (χ4n) is 3.00. The lowest BCUT2D eigenvalue weighted by Gasteiger charge is -2.14. The molecule has 0 saturated carbocycles. The number of H-pyrrole nitrogens is 1. The third-order valence-electron chi connectivity index (χ3n) is 4.56. The first-order valence-electron chi connectivity index (χ1n) is 9.98. The molecule has 0 unspecified atom stereocenters. The summed E-state index contributed by atoms with van der Waals surface area (Å²) in [5, 5.41) is 2.67. The molecule has 176 valence electrons. The molecule has 3 N–H and O–H groups in total. The molecule has 1 aromatic carbocycles. The SMILES string of the molecule is C=C(/C=C(C)/C(=C\NC)C(=O)c1c(F)ccc(NS(=O)(=O)CCC)c1F)c1ccc(=O)[nH]c1. The van der Waals surface area contributed by atoms with Gasteiger partial charge in [-0.3, -0.25) is 14.3 Å². The van der Waals surface area contributed by atoms with Crippen molar-refractivity contribution in [3.63, 3.8) is 0 Å². The quantitative estimate of drug-likeness (QED) is 0.274. The number of rotatable bonds is 10. The molecule has 0 spiro atoms. The van der Waals surface area contributed by atoms with E-state index in [-0.39, 0.29) is 16.9 Å². The largest absolute Gasteiger partial charge is 0.393 e. The van der Waals surface area contributed by atoms with Crippen LogP contribution in [0, 0.1) is 11.6 Å². The first-order chi connectivity index (χ1) is 15.5. The number of benzene rings is 1. The van der Waals surface area contributed by atoms with Gasteiger partial charge in [-0.1, -0.05) is 19.6 Å². The van der Waals surface area contributed by atoms with Crippen molar-refractivity contribution in [2.24, 2.45) is 0 Å². The zero-order valence-electron chi connectivity index (χ0n) is 18.5. The molecule has 0 atom stereocenters. The van der Waals surface area contributed by atoms with Crippen LogP contribution in [0.2, 0.25) is 0 Å². The summed E-state index contributed by atoms with van der Waals surface area (Å²) in [6, 6.07) is 4.61. The van der Waals surface area contributed by atoms with E-state index in [9.17, 15) is 22.4 Å². The number of nitrogens with one attached hydrogen (secondary N) is 3. The molecule has 10 heteroatoms. The number of hydrogen-bond acceptors (Lipinski definition) is 5. The van der Waals surface area contributed by atoms with Gasteiger partial charge < -0.3 is 10.3 Å². The molecule has 0 aliphatic heterocycles. The number of Topliss-reactive ketones (excluding diaryl/α,β-unsaturated/α-hetero) is 1. The van der Waals surface area contributed by atoms with Crippen LogP contribution in [-0.2, 0) is 10.0 Å². The molecule has 1 heterocycles. The van der Waals surface area contributed by atoms with Crippen molar-refractivity contribution in [3.8, 4) is 0 Å². The van der Waals surface area contributed by atoms with Crippen molar-refractivity contribution in [3.05, 3.63) is 93.6 Å². The van der Waals surface area contributed by atoms with E-state index in [1.165, 1.54) is 31.6 Å². The van der Waals surface area contributed by atoms with Crippen LogP contribution in [0.5, 0.6) is 0 Å². The summed E-state index contributed by atoms with van der Waals surface area (Å²) in [7, 11) is -2.34. The number of sulfonamides is 1. The van der Waals surface area contributed by atoms with Gasteiger partial charge in [0.1, 0.15) is 5.82 Å². The van der Waals surface area contributed by atoms with Crippen LogP contribution in [0.15, 0.2) is 65.3 Å². The third kappa shape index (κ3) is 6.48. The second-order valence-corrected chi connectivity index (χ2v) is 9.02. The highest BCUT2D eigenvalue weighted by atomic mass is 32.2. The van der Waals surface area contributed by atoms with E-state index in [0.29, 0.717) is 23.1 Å². The number of aromatic nitrogens is 1. The van der Waals surface area contributed by atoms with Gasteiger partial charge in [0.2, 0.25) is 21.4 Å². The van der Waals surface area contributed by atoms with Crippen molar-refractivity contribution in [2.45, 2.75) is 20.3 Å². The lowest BCUT2D eigenvalue weighted by atomic mass is 9.95. The summed E-state index contributed by atoms with van der Waals surface area (Å²) in [6.45, 7) is 7.09. The molecule has 0 saturated heterocycles. The average molecular weight is 478 g/mol. The number of carbonyl (C=O) groups excluding carboxylic acids is 1. The highest BCUT2D eigenvalue weighted by Gasteiger charge is 2.26. The summed E-state index contributed by atoms with van der Waals surface area (Å²) in [6.07, 6.45) is 4.55. The summed E-state index contributed by atoms with van der Waals surface area (Å²) in [4.78, 5) is 26.9. The Morgan fingerprint density at radius 1 is 1.21 bits per heavy atom. The molecule has 1 aromatic heterocycles. The van der Waals surface area contributed by atoms with Crippen LogP contribution < -0.4 is 15.6 Å². The zero-order chi connectivity index (χ0) is 24.8. The first-order valence-corrected chi connectivity index (χ1v) is 11.6. The molecule has 0 fully saturated rings. The minimum Gasteiger partial charge on any atom is -0.393 e. The van der Waals surface area contributed by atoms with E-state index in [1.807, 2.05) is 0 Å². The second kappa shape index (κ2) is 10.9. The Bertz CT molecular complexity index is 1270. The number of carbonyl (C=O) groups is 1. The molecule has 33 heavy (non-hydrogen) atoms. The first kappa shape index (κ1) is 25.7. The highest BCUT2D eigenvalue weighted by molar-refractivity contribution is 7.92. The Morgan fingerprint density at radius 2 is 1.91 bits per heavy atom. The van der Waals surface area contributed by atoms with Gasteiger partial charge in [0.15, 0.2) is 5.82 Å². The van der Waals surface area contributed by atoms with Gasteiger partial charge in [-0.25, -0.2) is 17.2 Å². The van der Waals surface area contributed by atoms with Gasteiger partial charge >= 0.3 is 0 Å². The lowest BCUT2D eigenvalue weighted by molar-refractivity contribution is 0.102. The topological polar surface area (TPSA) is 108 Å². The fraction of sp³-hybridized carbons (Fsp3) is 0.217. The van der Waals surface area contributed by atoms with Gasteiger partial charge in [-0.05, 0) is 48.3 Å². The van der Waals surface area contributed by atoms with E-state index in [2.05, 4.69) is 21.6 Å². The van der Waals surface area contributed by atoms with Gasteiger partial charge in [-0.2, -0.15) is 0 Å². The van der Waals surface area contributed by atoms with Crippen LogP contribution in [0.25, 0.3) is 5.57 Å². The Hall–Kier alpha value is -3.53. The van der Waals surface area contributed by atoms with Crippen LogP contribution in [0.4, 0.5) is 14.5 Å². The average Bonchev–Trinajstić information content (AvgIpc) is 2.74. The normalized spacial score (nSPS) is 12.4. The fourth-order valence-corrected chi connectivity index (χ4v) is 4.13. The highest BCUT2D eigenvalue weighted by Crippen LogP contribution is 2.27. The van der Waals surface area contributed by atoms with Crippen molar-refractivity contribution in [1.82, 2.24) is 10.3 Å². The van der Waals surface area contributed by atoms with Gasteiger partial charge in [0.05, 0.1) is 17.0 Å². The molecule has 0 aliphatic rings. The Labute approximate surface area is 191 Å². The predicted molar refractivity (Wildman–Crippen MR) is 125 cm³/mol. The number of allylic oxidation sites excluding steroid dienone is 4. The Balaban J connectivity index is 2.48. The maximum atomic E-state index is 15.1. The van der Waals surface area contributed by atoms with Crippen LogP contribution in [0.3, 0.4) is 0 Å². The molecule has 0 radical (unpaired) electrons. The molecule has 0 aliphatic carbocycles. The molecule has 2 aromatic rings. The number of hydrogen-bond donors (Lipinski definition) is 3. The summed E-state index contributed by atoms with van der Waals surface area (Å²) >= 11 is 0. The number of ketones is 1. The van der Waals surface area contributed by atoms with E-state index in [1.54, 1.807) is 19.9 Å². The van der Waals surface area contributed by atoms with E-state index < -0.39 is 38.7 Å². The van der Waals surface area contributed by atoms with Gasteiger partial charge in [-0.15, -0.1) is 0 Å². The molecule has 0 bridgehead atoms. The zero-order valence-corrected chi connectivity index (χ0v) is 19.3. The summed E-state index contributed by atoms with van der Waals surface area (Å²) in [5.74, 6) is -3.69. The van der Waals surface area contributed by atoms with Gasteiger partial charge in [0, 0.05) is 31.1 Å². The third-order valence-corrected chi connectivity index (χ3v) is 6.04. The van der Waals surface area contributed by atoms with E-state index in [4.69, 9.17) is 0 Å². The van der Waals surface area contributed by atoms with Crippen LogP contribution in [0.1, 0.15) is 36.2 Å². The maximum absolute atomic E-state index is 15.1.